The molecule has 3 rings (SSSR count). The molecule has 1 aliphatic rings. The summed E-state index contributed by atoms with van der Waals surface area (Å²) in [6.07, 6.45) is -0.839. The molecule has 0 radical (unpaired) electrons. The van der Waals surface area contributed by atoms with Crippen molar-refractivity contribution in [2.45, 2.75) is 51.2 Å². The Kier molecular flexibility index (Phi) is 16.6. The van der Waals surface area contributed by atoms with E-state index in [4.69, 9.17) is 23.8 Å². The summed E-state index contributed by atoms with van der Waals surface area (Å²) in [5.41, 5.74) is 5.91. The van der Waals surface area contributed by atoms with Crippen molar-refractivity contribution in [3.05, 3.63) is 59.7 Å². The van der Waals surface area contributed by atoms with Gasteiger partial charge >= 0.3 is 12.1 Å². The van der Waals surface area contributed by atoms with Crippen LogP contribution in [-0.4, -0.2) is 108 Å². The van der Waals surface area contributed by atoms with Gasteiger partial charge in [-0.15, -0.1) is 0 Å². The van der Waals surface area contributed by atoms with Gasteiger partial charge in [-0.2, -0.15) is 0 Å². The molecule has 2 aromatic carbocycles. The van der Waals surface area contributed by atoms with Gasteiger partial charge in [0, 0.05) is 39.0 Å². The molecule has 5 N–H and O–H groups in total. The molecule has 0 aliphatic heterocycles. The quantitative estimate of drug-likeness (QED) is 0.0722. The zero-order valence-electron chi connectivity index (χ0n) is 29.1. The maximum atomic E-state index is 12.9. The lowest BCUT2D eigenvalue weighted by molar-refractivity contribution is -0.157. The first kappa shape index (κ1) is 39.9. The third kappa shape index (κ3) is 14.1. The zero-order chi connectivity index (χ0) is 36.4. The van der Waals surface area contributed by atoms with E-state index in [-0.39, 0.29) is 95.8 Å². The lowest BCUT2D eigenvalue weighted by Crippen LogP contribution is -2.45. The fraction of sp³-hybridized carbons (Fsp3) is 0.514. The number of hydrogen-bond acceptors (Lipinski definition) is 11. The van der Waals surface area contributed by atoms with E-state index in [1.54, 1.807) is 27.8 Å². The maximum Gasteiger partial charge on any atom is 0.407 e. The highest BCUT2D eigenvalue weighted by atomic mass is 16.6. The highest BCUT2D eigenvalue weighted by Gasteiger charge is 2.31. The van der Waals surface area contributed by atoms with Crippen molar-refractivity contribution in [3.63, 3.8) is 0 Å². The summed E-state index contributed by atoms with van der Waals surface area (Å²) in [5.74, 6) is -1.80. The van der Waals surface area contributed by atoms with Crippen LogP contribution in [0, 0.1) is 0 Å². The molecule has 0 fully saturated rings. The van der Waals surface area contributed by atoms with E-state index >= 15 is 0 Å². The summed E-state index contributed by atoms with van der Waals surface area (Å²) in [5, 5.41) is 10.5. The summed E-state index contributed by atoms with van der Waals surface area (Å²) in [4.78, 5) is 66.3. The molecule has 2 aromatic rings. The Bertz CT molecular complexity index is 1390. The summed E-state index contributed by atoms with van der Waals surface area (Å²) in [6, 6.07) is 14.9. The van der Waals surface area contributed by atoms with Crippen LogP contribution < -0.4 is 26.7 Å². The minimum absolute atomic E-state index is 0.00116. The number of benzene rings is 2. The van der Waals surface area contributed by atoms with E-state index in [0.29, 0.717) is 0 Å². The van der Waals surface area contributed by atoms with Crippen LogP contribution in [0.25, 0.3) is 11.1 Å². The number of rotatable bonds is 21. The molecule has 0 saturated carbocycles. The number of alkyl carbamates (subject to hydrolysis) is 1. The molecule has 0 bridgehead atoms. The van der Waals surface area contributed by atoms with E-state index in [1.165, 1.54) is 0 Å². The van der Waals surface area contributed by atoms with Crippen LogP contribution in [0.1, 0.15) is 50.7 Å². The number of carbonyl (C=O) groups excluding carboxylic acids is 5. The molecule has 1 aliphatic carbocycles. The minimum Gasteiger partial charge on any atom is -0.458 e. The number of hydroxylamine groups is 1. The van der Waals surface area contributed by atoms with Gasteiger partial charge in [0.2, 0.25) is 17.7 Å². The zero-order valence-corrected chi connectivity index (χ0v) is 29.1. The van der Waals surface area contributed by atoms with Gasteiger partial charge < -0.3 is 40.2 Å². The molecule has 0 saturated heterocycles. The number of esters is 1. The minimum atomic E-state index is -1.10. The highest BCUT2D eigenvalue weighted by Crippen LogP contribution is 2.44. The monoisotopic (exact) mass is 699 g/mol. The van der Waals surface area contributed by atoms with Crippen LogP contribution in [0.15, 0.2) is 48.5 Å². The van der Waals surface area contributed by atoms with Gasteiger partial charge in [0.1, 0.15) is 31.5 Å². The molecule has 0 heterocycles. The number of hydrogen-bond donors (Lipinski definition) is 5. The topological polar surface area (TPSA) is 192 Å². The van der Waals surface area contributed by atoms with E-state index < -0.39 is 23.7 Å². The van der Waals surface area contributed by atoms with Crippen molar-refractivity contribution < 1.29 is 47.8 Å². The molecule has 15 nitrogen and oxygen atoms in total. The van der Waals surface area contributed by atoms with Gasteiger partial charge in [-0.3, -0.25) is 19.2 Å². The van der Waals surface area contributed by atoms with E-state index in [0.717, 1.165) is 22.3 Å². The molecule has 0 unspecified atom stereocenters. The molecular formula is C35H49N5O10. The largest absolute Gasteiger partial charge is 0.458 e. The Morgan fingerprint density at radius 1 is 0.740 bits per heavy atom. The molecule has 274 valence electrons. The summed E-state index contributed by atoms with van der Waals surface area (Å²) < 4.78 is 21.8. The van der Waals surface area contributed by atoms with Gasteiger partial charge in [-0.1, -0.05) is 48.5 Å². The molecule has 50 heavy (non-hydrogen) atoms. The third-order valence-corrected chi connectivity index (χ3v) is 7.28. The number of fused-ring (bicyclic) bond motifs is 3. The van der Waals surface area contributed by atoms with Crippen LogP contribution in [0.5, 0.6) is 0 Å². The van der Waals surface area contributed by atoms with Gasteiger partial charge in [-0.05, 0) is 49.4 Å². The predicted octanol–water partition coefficient (Wildman–Crippen LogP) is 1.55. The summed E-state index contributed by atoms with van der Waals surface area (Å²) in [7, 11) is 1.54. The van der Waals surface area contributed by atoms with Crippen molar-refractivity contribution >= 4 is 29.8 Å². The Morgan fingerprint density at radius 2 is 1.32 bits per heavy atom. The summed E-state index contributed by atoms with van der Waals surface area (Å²) in [6.45, 7) is 6.21. The smallest absolute Gasteiger partial charge is 0.407 e. The van der Waals surface area contributed by atoms with E-state index in [9.17, 15) is 24.0 Å². The molecule has 0 spiro atoms. The fourth-order valence-corrected chi connectivity index (χ4v) is 5.06. The van der Waals surface area contributed by atoms with Gasteiger partial charge in [0.15, 0.2) is 0 Å². The first-order valence-electron chi connectivity index (χ1n) is 16.6. The second kappa shape index (κ2) is 20.8. The lowest BCUT2D eigenvalue weighted by Gasteiger charge is -2.24. The standard InChI is InChI=1S/C35H49N5O10/c1-35(2,3)50-33(44)29(40-34(45)48-21-28-26-11-7-5-9-24(26)25-10-6-8-12-27(25)28)13-14-30(41)39-17-18-46-19-20-47-22-31(42)37-15-16-38-32(43)23-49-36-4/h5-12,28-29,36H,13-23H2,1-4H3,(H,37,42)(H,38,43)(H,39,41)(H,40,45)/t29-/m0/s1. The van der Waals surface area contributed by atoms with Crippen LogP contribution in [0.2, 0.25) is 0 Å². The van der Waals surface area contributed by atoms with Crippen molar-refractivity contribution in [2.24, 2.45) is 0 Å². The Balaban J connectivity index is 1.32. The number of ether oxygens (including phenoxy) is 4. The second-order valence-corrected chi connectivity index (χ2v) is 12.3. The number of nitrogens with one attached hydrogen (secondary N) is 5. The maximum absolute atomic E-state index is 12.9. The SMILES string of the molecule is CNOCC(=O)NCCNC(=O)COCCOCCNC(=O)CC[C@H](NC(=O)OCC1c2ccccc2-c2ccccc21)C(=O)OC(C)(C)C. The van der Waals surface area contributed by atoms with Crippen LogP contribution in [-0.2, 0) is 43.0 Å². The average Bonchev–Trinajstić information content (AvgIpc) is 3.40. The van der Waals surface area contributed by atoms with Crippen molar-refractivity contribution in [2.75, 3.05) is 66.3 Å². The second-order valence-electron chi connectivity index (χ2n) is 12.3. The first-order chi connectivity index (χ1) is 24.0. The van der Waals surface area contributed by atoms with E-state index in [2.05, 4.69) is 26.7 Å². The first-order valence-corrected chi connectivity index (χ1v) is 16.6. The van der Waals surface area contributed by atoms with Crippen LogP contribution in [0.3, 0.4) is 0 Å². The average molecular weight is 700 g/mol. The molecule has 4 amide bonds. The normalized spacial score (nSPS) is 12.6. The van der Waals surface area contributed by atoms with Crippen molar-refractivity contribution in [1.82, 2.24) is 26.7 Å². The predicted molar refractivity (Wildman–Crippen MR) is 183 cm³/mol. The molecule has 0 aromatic heterocycles. The molecule has 1 atom stereocenters. The summed E-state index contributed by atoms with van der Waals surface area (Å²) >= 11 is 0. The number of carbonyl (C=O) groups is 5. The van der Waals surface area contributed by atoms with Gasteiger partial charge in [-0.25, -0.2) is 15.1 Å². The van der Waals surface area contributed by atoms with E-state index in [1.807, 2.05) is 48.5 Å². The van der Waals surface area contributed by atoms with Crippen molar-refractivity contribution in [1.29, 1.82) is 0 Å². The lowest BCUT2D eigenvalue weighted by atomic mass is 9.98. The number of amides is 4. The Morgan fingerprint density at radius 3 is 1.94 bits per heavy atom. The van der Waals surface area contributed by atoms with Gasteiger partial charge in [0.05, 0.1) is 19.8 Å². The third-order valence-electron chi connectivity index (χ3n) is 7.28. The highest BCUT2D eigenvalue weighted by molar-refractivity contribution is 5.83. The Hall–Kier alpha value is -4.57. The van der Waals surface area contributed by atoms with Gasteiger partial charge in [0.25, 0.3) is 0 Å². The molecular weight excluding hydrogens is 650 g/mol. The molecule has 15 heteroatoms. The Labute approximate surface area is 292 Å². The van der Waals surface area contributed by atoms with Crippen LogP contribution >= 0.6 is 0 Å². The van der Waals surface area contributed by atoms with Crippen molar-refractivity contribution in [3.8, 4) is 11.1 Å². The van der Waals surface area contributed by atoms with Crippen LogP contribution in [0.4, 0.5) is 4.79 Å². The fourth-order valence-electron chi connectivity index (χ4n) is 5.06.